The molecule has 1 aliphatic heterocycles. The van der Waals surface area contributed by atoms with Crippen LogP contribution in [0, 0.1) is 5.92 Å². The number of aliphatic hydroxyl groups is 1. The molecular weight excluding hydrogens is 498 g/mol. The largest absolute Gasteiger partial charge is 0.497 e. The number of nitrogens with zero attached hydrogens (tertiary/aromatic N) is 3. The molecule has 0 unspecified atom stereocenters. The van der Waals surface area contributed by atoms with Crippen LogP contribution in [0.3, 0.4) is 0 Å². The van der Waals surface area contributed by atoms with E-state index in [0.717, 1.165) is 22.4 Å². The van der Waals surface area contributed by atoms with Crippen molar-refractivity contribution in [2.24, 2.45) is 5.92 Å². The average molecular weight is 534 g/mol. The maximum absolute atomic E-state index is 13.7. The number of aromatic nitrogens is 1. The molecule has 0 radical (unpaired) electrons. The minimum atomic E-state index is -0.954. The summed E-state index contributed by atoms with van der Waals surface area (Å²) < 4.78 is 11.7. The lowest BCUT2D eigenvalue weighted by molar-refractivity contribution is 0.0325. The maximum Gasteiger partial charge on any atom is 0.335 e. The molecule has 0 aliphatic carbocycles. The molecule has 206 valence electrons. The van der Waals surface area contributed by atoms with Crippen LogP contribution in [0.25, 0.3) is 11.1 Å². The van der Waals surface area contributed by atoms with Crippen LogP contribution in [-0.4, -0.2) is 82.9 Å². The maximum atomic E-state index is 13.7. The zero-order valence-corrected chi connectivity index (χ0v) is 22.7. The average Bonchev–Trinajstić information content (AvgIpc) is 2.94. The molecule has 0 bridgehead atoms. The van der Waals surface area contributed by atoms with Crippen LogP contribution in [0.1, 0.15) is 40.1 Å². The van der Waals surface area contributed by atoms with Crippen molar-refractivity contribution in [2.45, 2.75) is 32.5 Å². The first kappa shape index (κ1) is 28.1. The van der Waals surface area contributed by atoms with Gasteiger partial charge in [-0.15, -0.1) is 0 Å². The summed E-state index contributed by atoms with van der Waals surface area (Å²) >= 11 is 0. The van der Waals surface area contributed by atoms with Gasteiger partial charge in [0.2, 0.25) is 5.88 Å². The van der Waals surface area contributed by atoms with E-state index in [1.807, 2.05) is 57.3 Å². The van der Waals surface area contributed by atoms with Gasteiger partial charge in [-0.3, -0.25) is 9.69 Å². The molecule has 1 aromatic heterocycles. The molecule has 0 saturated carbocycles. The van der Waals surface area contributed by atoms with Crippen molar-refractivity contribution >= 4 is 11.9 Å². The number of hydrogen-bond donors (Lipinski definition) is 2. The van der Waals surface area contributed by atoms with Crippen LogP contribution >= 0.6 is 0 Å². The fourth-order valence-electron chi connectivity index (χ4n) is 4.70. The van der Waals surface area contributed by atoms with Crippen molar-refractivity contribution in [3.63, 3.8) is 0 Å². The molecule has 2 heterocycles. The lowest BCUT2D eigenvalue weighted by Gasteiger charge is -2.37. The predicted octanol–water partition coefficient (Wildman–Crippen LogP) is 3.81. The molecule has 0 fully saturated rings. The first-order valence-corrected chi connectivity index (χ1v) is 12.9. The number of aliphatic hydroxyl groups excluding tert-OH is 1. The van der Waals surface area contributed by atoms with E-state index in [1.54, 1.807) is 36.4 Å². The van der Waals surface area contributed by atoms with Crippen LogP contribution in [0.2, 0.25) is 0 Å². The summed E-state index contributed by atoms with van der Waals surface area (Å²) in [6.45, 7) is 5.27. The molecule has 0 saturated heterocycles. The van der Waals surface area contributed by atoms with E-state index in [0.29, 0.717) is 25.2 Å². The van der Waals surface area contributed by atoms with E-state index in [9.17, 15) is 14.7 Å². The highest BCUT2D eigenvalue weighted by Crippen LogP contribution is 2.31. The Morgan fingerprint density at radius 2 is 1.87 bits per heavy atom. The molecule has 39 heavy (non-hydrogen) atoms. The number of pyridine rings is 1. The first-order chi connectivity index (χ1) is 18.7. The quantitative estimate of drug-likeness (QED) is 0.427. The number of carbonyl (C=O) groups is 2. The van der Waals surface area contributed by atoms with E-state index in [2.05, 4.69) is 9.88 Å². The Hall–Kier alpha value is -3.95. The fraction of sp³-hybridized carbons (Fsp3) is 0.367. The molecule has 9 nitrogen and oxygen atoms in total. The summed E-state index contributed by atoms with van der Waals surface area (Å²) in [5.41, 5.74) is 3.25. The lowest BCUT2D eigenvalue weighted by Crippen LogP contribution is -2.49. The third kappa shape index (κ3) is 6.55. The molecule has 3 atom stereocenters. The van der Waals surface area contributed by atoms with Crippen LogP contribution in [0.5, 0.6) is 11.6 Å². The van der Waals surface area contributed by atoms with E-state index in [-0.39, 0.29) is 42.0 Å². The second-order valence-electron chi connectivity index (χ2n) is 10.1. The van der Waals surface area contributed by atoms with E-state index < -0.39 is 5.97 Å². The standard InChI is InChI=1S/C30H35N3O6/c1-19-15-33(20(2)18-34)29(35)26-13-24(22-9-11-25(38-4)12-10-22)14-31-28(26)39-27(19)17-32(3)16-21-5-7-23(8-6-21)30(36)37/h5-14,19-20,27,34H,15-18H2,1-4H3,(H,36,37)/t19-,20+,27-/m0/s1. The van der Waals surface area contributed by atoms with Gasteiger partial charge in [-0.1, -0.05) is 31.2 Å². The monoisotopic (exact) mass is 533 g/mol. The molecule has 9 heteroatoms. The number of hydrogen-bond acceptors (Lipinski definition) is 7. The fourth-order valence-corrected chi connectivity index (χ4v) is 4.70. The highest BCUT2D eigenvalue weighted by atomic mass is 16.5. The van der Waals surface area contributed by atoms with Crippen LogP contribution in [-0.2, 0) is 6.54 Å². The highest BCUT2D eigenvalue weighted by molar-refractivity contribution is 5.98. The van der Waals surface area contributed by atoms with Gasteiger partial charge in [0, 0.05) is 37.3 Å². The zero-order chi connectivity index (χ0) is 28.1. The number of aromatic carboxylic acids is 1. The minimum absolute atomic E-state index is 0.0454. The Morgan fingerprint density at radius 1 is 1.18 bits per heavy atom. The number of carbonyl (C=O) groups excluding carboxylic acids is 1. The summed E-state index contributed by atoms with van der Waals surface area (Å²) in [4.78, 5) is 33.2. The van der Waals surface area contributed by atoms with Gasteiger partial charge in [0.15, 0.2) is 0 Å². The number of carboxylic acid groups (broad SMARTS) is 1. The SMILES string of the molecule is COc1ccc(-c2cnc3c(c2)C(=O)N([C@H](C)CO)C[C@H](C)[C@H](CN(C)Cc2ccc(C(=O)O)cc2)O3)cc1. The Balaban J connectivity index is 1.61. The Bertz CT molecular complexity index is 1300. The van der Waals surface area contributed by atoms with Crippen molar-refractivity contribution in [3.8, 4) is 22.8 Å². The number of benzene rings is 2. The molecule has 0 spiro atoms. The summed E-state index contributed by atoms with van der Waals surface area (Å²) in [7, 11) is 3.58. The molecule has 1 aliphatic rings. The van der Waals surface area contributed by atoms with Gasteiger partial charge < -0.3 is 24.6 Å². The third-order valence-corrected chi connectivity index (χ3v) is 7.09. The molecule has 4 rings (SSSR count). The van der Waals surface area contributed by atoms with E-state index in [4.69, 9.17) is 14.6 Å². The molecule has 2 aromatic carbocycles. The van der Waals surface area contributed by atoms with Crippen molar-refractivity contribution in [1.82, 2.24) is 14.8 Å². The van der Waals surface area contributed by atoms with Crippen molar-refractivity contribution in [3.05, 3.63) is 77.5 Å². The van der Waals surface area contributed by atoms with Crippen LogP contribution in [0.4, 0.5) is 0 Å². The van der Waals surface area contributed by atoms with Crippen molar-refractivity contribution in [2.75, 3.05) is 33.9 Å². The van der Waals surface area contributed by atoms with Gasteiger partial charge in [-0.05, 0) is 55.4 Å². The highest BCUT2D eigenvalue weighted by Gasteiger charge is 2.34. The van der Waals surface area contributed by atoms with Gasteiger partial charge in [0.1, 0.15) is 17.4 Å². The summed E-state index contributed by atoms with van der Waals surface area (Å²) in [5.74, 6) is -0.228. The topological polar surface area (TPSA) is 112 Å². The molecule has 3 aromatic rings. The van der Waals surface area contributed by atoms with Crippen LogP contribution in [0.15, 0.2) is 60.8 Å². The number of likely N-dealkylation sites (N-methyl/N-ethyl adjacent to an activating group) is 1. The second kappa shape index (κ2) is 12.3. The number of methoxy groups -OCH3 is 1. The summed E-state index contributed by atoms with van der Waals surface area (Å²) in [6.07, 6.45) is 1.41. The summed E-state index contributed by atoms with van der Waals surface area (Å²) in [6, 6.07) is 15.8. The normalized spacial score (nSPS) is 18.1. The predicted molar refractivity (Wildman–Crippen MR) is 147 cm³/mol. The lowest BCUT2D eigenvalue weighted by atomic mass is 9.99. The molecule has 1 amide bonds. The van der Waals surface area contributed by atoms with Gasteiger partial charge >= 0.3 is 5.97 Å². The first-order valence-electron chi connectivity index (χ1n) is 12.9. The summed E-state index contributed by atoms with van der Waals surface area (Å²) in [5, 5.41) is 19.1. The third-order valence-electron chi connectivity index (χ3n) is 7.09. The zero-order valence-electron chi connectivity index (χ0n) is 22.7. The van der Waals surface area contributed by atoms with E-state index >= 15 is 0 Å². The number of rotatable bonds is 9. The van der Waals surface area contributed by atoms with Crippen molar-refractivity contribution < 1.29 is 29.3 Å². The van der Waals surface area contributed by atoms with Gasteiger partial charge in [0.05, 0.1) is 25.3 Å². The van der Waals surface area contributed by atoms with Gasteiger partial charge in [-0.2, -0.15) is 0 Å². The van der Waals surface area contributed by atoms with E-state index in [1.165, 1.54) is 0 Å². The molecular formula is C30H35N3O6. The van der Waals surface area contributed by atoms with Crippen molar-refractivity contribution in [1.29, 1.82) is 0 Å². The van der Waals surface area contributed by atoms with Gasteiger partial charge in [0.25, 0.3) is 5.91 Å². The minimum Gasteiger partial charge on any atom is -0.497 e. The Labute approximate surface area is 228 Å². The Morgan fingerprint density at radius 3 is 2.49 bits per heavy atom. The molecule has 2 N–H and O–H groups in total. The van der Waals surface area contributed by atoms with Gasteiger partial charge in [-0.25, -0.2) is 9.78 Å². The number of amides is 1. The number of fused-ring (bicyclic) bond motifs is 1. The van der Waals surface area contributed by atoms with Crippen LogP contribution < -0.4 is 9.47 Å². The number of carboxylic acids is 1. The number of ether oxygens (including phenoxy) is 2. The Kier molecular flexibility index (Phi) is 8.83. The smallest absolute Gasteiger partial charge is 0.335 e. The second-order valence-corrected chi connectivity index (χ2v) is 10.1.